The predicted octanol–water partition coefficient (Wildman–Crippen LogP) is 3.74. The lowest BCUT2D eigenvalue weighted by atomic mass is 10.1. The number of amides is 1. The smallest absolute Gasteiger partial charge is 0.387 e. The second kappa shape index (κ2) is 6.17. The van der Waals surface area contributed by atoms with Gasteiger partial charge in [-0.1, -0.05) is 12.1 Å². The number of carbonyl (C=O) groups is 1. The summed E-state index contributed by atoms with van der Waals surface area (Å²) in [4.78, 5) is 13.0. The maximum atomic E-state index is 12.9. The van der Waals surface area contributed by atoms with Crippen molar-refractivity contribution < 1.29 is 18.0 Å². The van der Waals surface area contributed by atoms with Gasteiger partial charge in [-0.15, -0.1) is 11.3 Å². The van der Waals surface area contributed by atoms with Crippen LogP contribution in [0.4, 0.5) is 18.9 Å². The Morgan fingerprint density at radius 3 is 2.57 bits per heavy atom. The Balaban J connectivity index is 2.24. The Hall–Kier alpha value is -2.02. The molecule has 0 aliphatic carbocycles. The number of hydrogen-bond donors (Lipinski definition) is 2. The molecule has 0 unspecified atom stereocenters. The molecule has 1 aromatic carbocycles. The molecule has 21 heavy (non-hydrogen) atoms. The summed E-state index contributed by atoms with van der Waals surface area (Å²) in [6.45, 7) is 0.288. The molecule has 0 bridgehead atoms. The molecule has 0 saturated carbocycles. The Labute approximate surface area is 123 Å². The van der Waals surface area contributed by atoms with Crippen LogP contribution in [0, 0.1) is 0 Å². The minimum absolute atomic E-state index is 0.0242. The predicted molar refractivity (Wildman–Crippen MR) is 76.5 cm³/mol. The molecule has 7 heteroatoms. The van der Waals surface area contributed by atoms with E-state index in [-0.39, 0.29) is 17.8 Å². The van der Waals surface area contributed by atoms with Gasteiger partial charge in [0.15, 0.2) is 0 Å². The fraction of sp³-hybridized carbons (Fsp3) is 0.214. The average molecular weight is 314 g/mol. The van der Waals surface area contributed by atoms with Crippen LogP contribution < -0.4 is 10.6 Å². The van der Waals surface area contributed by atoms with Crippen molar-refractivity contribution >= 4 is 22.9 Å². The van der Waals surface area contributed by atoms with E-state index in [1.165, 1.54) is 30.5 Å². The van der Waals surface area contributed by atoms with Crippen LogP contribution in [-0.2, 0) is 12.7 Å². The van der Waals surface area contributed by atoms with Gasteiger partial charge in [0.1, 0.15) is 0 Å². The van der Waals surface area contributed by atoms with E-state index in [4.69, 9.17) is 0 Å². The molecule has 2 aromatic rings. The molecule has 1 amide bonds. The summed E-state index contributed by atoms with van der Waals surface area (Å²) in [6.07, 6.45) is -4.51. The Morgan fingerprint density at radius 1 is 1.24 bits per heavy atom. The van der Waals surface area contributed by atoms with Crippen molar-refractivity contribution in [1.82, 2.24) is 5.32 Å². The Bertz CT molecular complexity index is 624. The number of halogens is 3. The maximum absolute atomic E-state index is 12.9. The van der Waals surface area contributed by atoms with Gasteiger partial charge in [0.25, 0.3) is 5.91 Å². The Morgan fingerprint density at radius 2 is 2.00 bits per heavy atom. The first kappa shape index (κ1) is 15.4. The lowest BCUT2D eigenvalue weighted by molar-refractivity contribution is -0.136. The number of anilines is 1. The number of carbonyl (C=O) groups excluding carboxylic acids is 1. The molecule has 0 aliphatic rings. The summed E-state index contributed by atoms with van der Waals surface area (Å²) in [5.74, 6) is -0.543. The molecule has 0 fully saturated rings. The highest BCUT2D eigenvalue weighted by Gasteiger charge is 2.34. The van der Waals surface area contributed by atoms with Crippen LogP contribution >= 0.6 is 11.3 Å². The molecule has 3 nitrogen and oxygen atoms in total. The number of alkyl halides is 3. The normalized spacial score (nSPS) is 11.2. The van der Waals surface area contributed by atoms with Gasteiger partial charge in [-0.2, -0.15) is 13.2 Å². The quantitative estimate of drug-likeness (QED) is 0.902. The number of thiophene rings is 1. The van der Waals surface area contributed by atoms with Crippen LogP contribution in [0.5, 0.6) is 0 Å². The zero-order valence-electron chi connectivity index (χ0n) is 11.1. The van der Waals surface area contributed by atoms with Gasteiger partial charge in [-0.25, -0.2) is 0 Å². The molecule has 2 N–H and O–H groups in total. The van der Waals surface area contributed by atoms with Crippen LogP contribution in [0.1, 0.15) is 20.8 Å². The first-order valence-corrected chi connectivity index (χ1v) is 7.00. The van der Waals surface area contributed by atoms with Crippen LogP contribution in [0.15, 0.2) is 35.7 Å². The molecule has 0 atom stereocenters. The summed E-state index contributed by atoms with van der Waals surface area (Å²) in [5, 5.41) is 6.95. The molecular formula is C14H13F3N2OS. The summed E-state index contributed by atoms with van der Waals surface area (Å²) in [5.41, 5.74) is -1.09. The summed E-state index contributed by atoms with van der Waals surface area (Å²) < 4.78 is 38.8. The van der Waals surface area contributed by atoms with Crippen molar-refractivity contribution in [3.63, 3.8) is 0 Å². The fourth-order valence-electron chi connectivity index (χ4n) is 1.92. The lowest BCUT2D eigenvalue weighted by Gasteiger charge is -2.16. The van der Waals surface area contributed by atoms with Crippen molar-refractivity contribution in [2.24, 2.45) is 0 Å². The molecule has 1 aromatic heterocycles. The van der Waals surface area contributed by atoms with E-state index in [0.29, 0.717) is 0 Å². The van der Waals surface area contributed by atoms with E-state index in [1.54, 1.807) is 0 Å². The van der Waals surface area contributed by atoms with Gasteiger partial charge in [-0.05, 0) is 23.6 Å². The average Bonchev–Trinajstić information content (AvgIpc) is 2.96. The third-order valence-corrected chi connectivity index (χ3v) is 3.74. The molecule has 1 heterocycles. The number of rotatable bonds is 4. The lowest BCUT2D eigenvalue weighted by Crippen LogP contribution is -2.24. The maximum Gasteiger partial charge on any atom is 0.418 e. The second-order valence-electron chi connectivity index (χ2n) is 4.24. The highest BCUT2D eigenvalue weighted by molar-refractivity contribution is 7.09. The molecule has 0 radical (unpaired) electrons. The van der Waals surface area contributed by atoms with E-state index in [9.17, 15) is 18.0 Å². The SMILES string of the molecule is CNc1c(C(=O)NCc2cccs2)cccc1C(F)(F)F. The third-order valence-electron chi connectivity index (χ3n) is 2.87. The zero-order chi connectivity index (χ0) is 15.5. The van der Waals surface area contributed by atoms with Gasteiger partial charge >= 0.3 is 6.18 Å². The highest BCUT2D eigenvalue weighted by Crippen LogP contribution is 2.36. The van der Waals surface area contributed by atoms with Crippen LogP contribution in [0.25, 0.3) is 0 Å². The number of para-hydroxylation sites is 1. The monoisotopic (exact) mass is 314 g/mol. The largest absolute Gasteiger partial charge is 0.418 e. The van der Waals surface area contributed by atoms with E-state index < -0.39 is 17.6 Å². The van der Waals surface area contributed by atoms with Crippen molar-refractivity contribution in [3.05, 3.63) is 51.7 Å². The minimum Gasteiger partial charge on any atom is -0.387 e. The van der Waals surface area contributed by atoms with E-state index in [1.807, 2.05) is 17.5 Å². The van der Waals surface area contributed by atoms with Gasteiger partial charge in [0, 0.05) is 11.9 Å². The second-order valence-corrected chi connectivity index (χ2v) is 5.27. The molecule has 0 saturated heterocycles. The Kier molecular flexibility index (Phi) is 4.52. The van der Waals surface area contributed by atoms with Crippen molar-refractivity contribution in [2.45, 2.75) is 12.7 Å². The minimum atomic E-state index is -4.51. The number of nitrogens with one attached hydrogen (secondary N) is 2. The van der Waals surface area contributed by atoms with Gasteiger partial charge in [0.2, 0.25) is 0 Å². The topological polar surface area (TPSA) is 41.1 Å². The van der Waals surface area contributed by atoms with Crippen molar-refractivity contribution in [2.75, 3.05) is 12.4 Å². The number of benzene rings is 1. The molecule has 0 spiro atoms. The van der Waals surface area contributed by atoms with E-state index >= 15 is 0 Å². The van der Waals surface area contributed by atoms with Crippen molar-refractivity contribution in [1.29, 1.82) is 0 Å². The summed E-state index contributed by atoms with van der Waals surface area (Å²) in [6, 6.07) is 7.22. The summed E-state index contributed by atoms with van der Waals surface area (Å²) >= 11 is 1.47. The number of hydrogen-bond acceptors (Lipinski definition) is 3. The molecule has 112 valence electrons. The van der Waals surface area contributed by atoms with Gasteiger partial charge in [-0.3, -0.25) is 4.79 Å². The van der Waals surface area contributed by atoms with Crippen molar-refractivity contribution in [3.8, 4) is 0 Å². The van der Waals surface area contributed by atoms with Gasteiger partial charge < -0.3 is 10.6 Å². The fourth-order valence-corrected chi connectivity index (χ4v) is 2.57. The highest BCUT2D eigenvalue weighted by atomic mass is 32.1. The molecule has 0 aliphatic heterocycles. The zero-order valence-corrected chi connectivity index (χ0v) is 11.9. The first-order chi connectivity index (χ1) is 9.93. The first-order valence-electron chi connectivity index (χ1n) is 6.12. The standard InChI is InChI=1S/C14H13F3N2OS/c1-18-12-10(5-2-6-11(12)14(15,16)17)13(20)19-8-9-4-3-7-21-9/h2-7,18H,8H2,1H3,(H,19,20). The summed E-state index contributed by atoms with van der Waals surface area (Å²) in [7, 11) is 1.36. The van der Waals surface area contributed by atoms with Crippen LogP contribution in [-0.4, -0.2) is 13.0 Å². The van der Waals surface area contributed by atoms with Crippen LogP contribution in [0.2, 0.25) is 0 Å². The molecule has 2 rings (SSSR count). The van der Waals surface area contributed by atoms with Crippen LogP contribution in [0.3, 0.4) is 0 Å². The third kappa shape index (κ3) is 3.55. The van der Waals surface area contributed by atoms with Gasteiger partial charge in [0.05, 0.1) is 23.4 Å². The molecular weight excluding hydrogens is 301 g/mol. The van der Waals surface area contributed by atoms with E-state index in [0.717, 1.165) is 10.9 Å². The van der Waals surface area contributed by atoms with E-state index in [2.05, 4.69) is 10.6 Å².